The van der Waals surface area contributed by atoms with E-state index in [1.165, 1.54) is 5.39 Å². The van der Waals surface area contributed by atoms with E-state index in [0.29, 0.717) is 0 Å². The van der Waals surface area contributed by atoms with Gasteiger partial charge in [0, 0.05) is 36.2 Å². The van der Waals surface area contributed by atoms with Crippen LogP contribution in [0.25, 0.3) is 10.8 Å². The van der Waals surface area contributed by atoms with Gasteiger partial charge in [0.1, 0.15) is 5.82 Å². The topological polar surface area (TPSA) is 28.2 Å². The summed E-state index contributed by atoms with van der Waals surface area (Å²) in [5, 5.41) is 6.52. The highest BCUT2D eigenvalue weighted by molar-refractivity contribution is 6.31. The second-order valence-corrected chi connectivity index (χ2v) is 5.03. The smallest absolute Gasteiger partial charge is 0.136 e. The zero-order valence-electron chi connectivity index (χ0n) is 10.2. The molecule has 3 rings (SSSR count). The van der Waals surface area contributed by atoms with E-state index >= 15 is 0 Å². The molecule has 0 bridgehead atoms. The lowest BCUT2D eigenvalue weighted by atomic mass is 10.1. The van der Waals surface area contributed by atoms with Crippen LogP contribution >= 0.6 is 11.6 Å². The number of aromatic nitrogens is 1. The number of fused-ring (bicyclic) bond motifs is 1. The molecular weight excluding hydrogens is 246 g/mol. The summed E-state index contributed by atoms with van der Waals surface area (Å²) in [4.78, 5) is 6.90. The SMILES string of the molecule is Clc1ccc2ccnc(N3CCCNCC3)c2c1. The second-order valence-electron chi connectivity index (χ2n) is 4.59. The number of pyridine rings is 1. The average Bonchev–Trinajstić information content (AvgIpc) is 2.67. The number of nitrogens with zero attached hydrogens (tertiary/aromatic N) is 2. The molecule has 1 aromatic carbocycles. The van der Waals surface area contributed by atoms with Crippen LogP contribution in [0.1, 0.15) is 6.42 Å². The number of benzene rings is 1. The maximum Gasteiger partial charge on any atom is 0.136 e. The Morgan fingerprint density at radius 2 is 2.11 bits per heavy atom. The molecule has 2 heterocycles. The van der Waals surface area contributed by atoms with Crippen LogP contribution in [0.5, 0.6) is 0 Å². The maximum absolute atomic E-state index is 6.10. The Hall–Kier alpha value is -1.32. The van der Waals surface area contributed by atoms with E-state index in [1.807, 2.05) is 24.4 Å². The molecule has 0 saturated carbocycles. The van der Waals surface area contributed by atoms with Crippen LogP contribution in [0, 0.1) is 0 Å². The first-order chi connectivity index (χ1) is 8.84. The standard InChI is InChI=1S/C14H16ClN3/c15-12-3-2-11-4-6-17-14(13(11)10-12)18-8-1-5-16-7-9-18/h2-4,6,10,16H,1,5,7-9H2. The van der Waals surface area contributed by atoms with Gasteiger partial charge in [-0.25, -0.2) is 4.98 Å². The molecule has 2 aromatic rings. The fourth-order valence-corrected chi connectivity index (χ4v) is 2.61. The fraction of sp³-hybridized carbons (Fsp3) is 0.357. The van der Waals surface area contributed by atoms with Crippen molar-refractivity contribution in [3.63, 3.8) is 0 Å². The minimum atomic E-state index is 0.768. The van der Waals surface area contributed by atoms with Crippen LogP contribution in [-0.4, -0.2) is 31.2 Å². The van der Waals surface area contributed by atoms with Crippen molar-refractivity contribution in [1.29, 1.82) is 0 Å². The van der Waals surface area contributed by atoms with Gasteiger partial charge in [-0.2, -0.15) is 0 Å². The third-order valence-electron chi connectivity index (χ3n) is 3.35. The molecule has 1 saturated heterocycles. The third kappa shape index (κ3) is 2.28. The highest BCUT2D eigenvalue weighted by Crippen LogP contribution is 2.27. The van der Waals surface area contributed by atoms with E-state index in [0.717, 1.165) is 48.8 Å². The van der Waals surface area contributed by atoms with Gasteiger partial charge in [0.15, 0.2) is 0 Å². The number of anilines is 1. The monoisotopic (exact) mass is 261 g/mol. The summed E-state index contributed by atoms with van der Waals surface area (Å²) in [7, 11) is 0. The van der Waals surface area contributed by atoms with Crippen molar-refractivity contribution in [3.8, 4) is 0 Å². The van der Waals surface area contributed by atoms with E-state index in [-0.39, 0.29) is 0 Å². The summed E-state index contributed by atoms with van der Waals surface area (Å²) >= 11 is 6.10. The predicted octanol–water partition coefficient (Wildman–Crippen LogP) is 2.69. The summed E-state index contributed by atoms with van der Waals surface area (Å²) in [5.41, 5.74) is 0. The Labute approximate surface area is 112 Å². The second kappa shape index (κ2) is 5.12. The predicted molar refractivity (Wildman–Crippen MR) is 76.5 cm³/mol. The maximum atomic E-state index is 6.10. The number of hydrogen-bond donors (Lipinski definition) is 1. The lowest BCUT2D eigenvalue weighted by Gasteiger charge is -2.22. The van der Waals surface area contributed by atoms with Crippen molar-refractivity contribution in [2.75, 3.05) is 31.1 Å². The van der Waals surface area contributed by atoms with Crippen molar-refractivity contribution >= 4 is 28.2 Å². The molecule has 1 aliphatic heterocycles. The van der Waals surface area contributed by atoms with Gasteiger partial charge in [0.05, 0.1) is 0 Å². The molecule has 0 atom stereocenters. The Bertz CT molecular complexity index is 548. The van der Waals surface area contributed by atoms with Gasteiger partial charge in [-0.05, 0) is 36.6 Å². The normalized spacial score (nSPS) is 16.8. The molecule has 0 aliphatic carbocycles. The molecule has 1 fully saturated rings. The molecule has 0 amide bonds. The molecule has 0 radical (unpaired) electrons. The molecule has 1 aromatic heterocycles. The molecule has 1 N–H and O–H groups in total. The zero-order chi connectivity index (χ0) is 12.4. The van der Waals surface area contributed by atoms with E-state index < -0.39 is 0 Å². The van der Waals surface area contributed by atoms with Crippen LogP contribution in [0.15, 0.2) is 30.5 Å². The van der Waals surface area contributed by atoms with E-state index in [2.05, 4.69) is 21.3 Å². The minimum Gasteiger partial charge on any atom is -0.355 e. The fourth-order valence-electron chi connectivity index (χ4n) is 2.43. The average molecular weight is 262 g/mol. The van der Waals surface area contributed by atoms with E-state index in [1.54, 1.807) is 0 Å². The Morgan fingerprint density at radius 1 is 1.17 bits per heavy atom. The van der Waals surface area contributed by atoms with Crippen molar-refractivity contribution in [1.82, 2.24) is 10.3 Å². The molecular formula is C14H16ClN3. The summed E-state index contributed by atoms with van der Waals surface area (Å²) in [6, 6.07) is 8.03. The van der Waals surface area contributed by atoms with Gasteiger partial charge in [-0.15, -0.1) is 0 Å². The lowest BCUT2D eigenvalue weighted by molar-refractivity contribution is 0.724. The summed E-state index contributed by atoms with van der Waals surface area (Å²) in [5.74, 6) is 1.05. The molecule has 4 heteroatoms. The zero-order valence-corrected chi connectivity index (χ0v) is 11.0. The first-order valence-corrected chi connectivity index (χ1v) is 6.72. The highest BCUT2D eigenvalue weighted by Gasteiger charge is 2.13. The third-order valence-corrected chi connectivity index (χ3v) is 3.58. The number of halogens is 1. The molecule has 94 valence electrons. The molecule has 0 spiro atoms. The molecule has 0 unspecified atom stereocenters. The van der Waals surface area contributed by atoms with Crippen LogP contribution < -0.4 is 10.2 Å². The van der Waals surface area contributed by atoms with Gasteiger partial charge in [-0.3, -0.25) is 0 Å². The van der Waals surface area contributed by atoms with Gasteiger partial charge in [-0.1, -0.05) is 17.7 Å². The first-order valence-electron chi connectivity index (χ1n) is 6.34. The van der Waals surface area contributed by atoms with Gasteiger partial charge in [0.2, 0.25) is 0 Å². The molecule has 3 nitrogen and oxygen atoms in total. The summed E-state index contributed by atoms with van der Waals surface area (Å²) < 4.78 is 0. The van der Waals surface area contributed by atoms with Crippen LogP contribution in [0.2, 0.25) is 5.02 Å². The quantitative estimate of drug-likeness (QED) is 0.856. The number of hydrogen-bond acceptors (Lipinski definition) is 3. The van der Waals surface area contributed by atoms with Crippen molar-refractivity contribution < 1.29 is 0 Å². The number of rotatable bonds is 1. The largest absolute Gasteiger partial charge is 0.355 e. The van der Waals surface area contributed by atoms with Crippen molar-refractivity contribution in [2.45, 2.75) is 6.42 Å². The van der Waals surface area contributed by atoms with Crippen molar-refractivity contribution in [3.05, 3.63) is 35.5 Å². The van der Waals surface area contributed by atoms with Gasteiger partial charge >= 0.3 is 0 Å². The van der Waals surface area contributed by atoms with Gasteiger partial charge in [0.25, 0.3) is 0 Å². The van der Waals surface area contributed by atoms with Crippen LogP contribution in [0.3, 0.4) is 0 Å². The molecule has 1 aliphatic rings. The Morgan fingerprint density at radius 3 is 3.06 bits per heavy atom. The van der Waals surface area contributed by atoms with Crippen molar-refractivity contribution in [2.24, 2.45) is 0 Å². The highest BCUT2D eigenvalue weighted by atomic mass is 35.5. The van der Waals surface area contributed by atoms with Crippen LogP contribution in [0.4, 0.5) is 5.82 Å². The van der Waals surface area contributed by atoms with E-state index in [9.17, 15) is 0 Å². The minimum absolute atomic E-state index is 0.768. The Balaban J connectivity index is 2.06. The van der Waals surface area contributed by atoms with E-state index in [4.69, 9.17) is 11.6 Å². The first kappa shape index (κ1) is 11.8. The van der Waals surface area contributed by atoms with Gasteiger partial charge < -0.3 is 10.2 Å². The lowest BCUT2D eigenvalue weighted by Crippen LogP contribution is -2.28. The summed E-state index contributed by atoms with van der Waals surface area (Å²) in [6.45, 7) is 4.14. The number of nitrogens with one attached hydrogen (secondary N) is 1. The molecule has 18 heavy (non-hydrogen) atoms. The van der Waals surface area contributed by atoms with Crippen LogP contribution in [-0.2, 0) is 0 Å². The summed E-state index contributed by atoms with van der Waals surface area (Å²) in [6.07, 6.45) is 3.03. The Kier molecular flexibility index (Phi) is 3.35.